The minimum absolute atomic E-state index is 0.449. The summed E-state index contributed by atoms with van der Waals surface area (Å²) in [5, 5.41) is 0. The fraction of sp³-hybridized carbons (Fsp3) is 0.636. The zero-order valence-electron chi connectivity index (χ0n) is 8.21. The molecule has 1 nitrogen and oxygen atoms in total. The second kappa shape index (κ2) is 4.65. The molecule has 1 aromatic heterocycles. The Morgan fingerprint density at radius 2 is 2.29 bits per heavy atom. The van der Waals surface area contributed by atoms with E-state index in [0.29, 0.717) is 6.04 Å². The lowest BCUT2D eigenvalue weighted by Crippen LogP contribution is -2.22. The van der Waals surface area contributed by atoms with E-state index in [9.17, 15) is 0 Å². The molecule has 2 rings (SSSR count). The summed E-state index contributed by atoms with van der Waals surface area (Å²) in [4.78, 5) is 1.39. The second-order valence-electron chi connectivity index (χ2n) is 4.10. The van der Waals surface area contributed by atoms with E-state index in [-0.39, 0.29) is 0 Å². The van der Waals surface area contributed by atoms with Crippen LogP contribution in [0.5, 0.6) is 0 Å². The fourth-order valence-corrected chi connectivity index (χ4v) is 2.89. The van der Waals surface area contributed by atoms with Gasteiger partial charge in [-0.05, 0) is 50.2 Å². The first kappa shape index (κ1) is 10.5. The maximum absolute atomic E-state index is 6.03. The van der Waals surface area contributed by atoms with E-state index < -0.39 is 0 Å². The summed E-state index contributed by atoms with van der Waals surface area (Å²) in [5.74, 6) is 0.835. The van der Waals surface area contributed by atoms with Crippen LogP contribution in [-0.2, 0) is 6.42 Å². The lowest BCUT2D eigenvalue weighted by Gasteiger charge is -2.08. The summed E-state index contributed by atoms with van der Waals surface area (Å²) in [6.45, 7) is 0. The van der Waals surface area contributed by atoms with E-state index in [1.165, 1.54) is 30.6 Å². The number of rotatable bonds is 5. The molecule has 1 saturated carbocycles. The van der Waals surface area contributed by atoms with Gasteiger partial charge in [0, 0.05) is 10.9 Å². The van der Waals surface area contributed by atoms with Crippen LogP contribution in [0.25, 0.3) is 0 Å². The second-order valence-corrected chi connectivity index (χ2v) is 5.90. The van der Waals surface area contributed by atoms with Gasteiger partial charge in [0.15, 0.2) is 0 Å². The van der Waals surface area contributed by atoms with Crippen LogP contribution >= 0.6 is 22.9 Å². The van der Waals surface area contributed by atoms with E-state index in [2.05, 4.69) is 6.07 Å². The number of hydrogen-bond acceptors (Lipinski definition) is 2. The third-order valence-electron chi connectivity index (χ3n) is 2.82. The van der Waals surface area contributed by atoms with Gasteiger partial charge in [-0.3, -0.25) is 0 Å². The molecule has 1 unspecified atom stereocenters. The van der Waals surface area contributed by atoms with Crippen molar-refractivity contribution in [3.63, 3.8) is 0 Å². The molecule has 78 valence electrons. The summed E-state index contributed by atoms with van der Waals surface area (Å²) < 4.78 is 0.895. The molecular weight excluding hydrogens is 214 g/mol. The Kier molecular flexibility index (Phi) is 3.47. The van der Waals surface area contributed by atoms with E-state index in [0.717, 1.165) is 16.7 Å². The van der Waals surface area contributed by atoms with Crippen molar-refractivity contribution in [1.29, 1.82) is 0 Å². The van der Waals surface area contributed by atoms with Gasteiger partial charge in [0.05, 0.1) is 4.34 Å². The third-order valence-corrected chi connectivity index (χ3v) is 4.11. The van der Waals surface area contributed by atoms with Crippen LogP contribution in [0, 0.1) is 5.92 Å². The molecule has 1 heterocycles. The molecule has 3 heteroatoms. The zero-order valence-corrected chi connectivity index (χ0v) is 9.78. The highest BCUT2D eigenvalue weighted by Crippen LogP contribution is 2.33. The van der Waals surface area contributed by atoms with Gasteiger partial charge in [-0.1, -0.05) is 11.6 Å². The Labute approximate surface area is 94.3 Å². The first-order valence-electron chi connectivity index (χ1n) is 5.25. The van der Waals surface area contributed by atoms with Crippen molar-refractivity contribution < 1.29 is 0 Å². The fourth-order valence-electron chi connectivity index (χ4n) is 1.76. The summed E-state index contributed by atoms with van der Waals surface area (Å²) in [5.41, 5.74) is 6.03. The van der Waals surface area contributed by atoms with Crippen molar-refractivity contribution in [3.05, 3.63) is 21.3 Å². The van der Waals surface area contributed by atoms with Crippen molar-refractivity contribution in [2.75, 3.05) is 0 Å². The minimum atomic E-state index is 0.449. The summed E-state index contributed by atoms with van der Waals surface area (Å²) in [6.07, 6.45) is 6.21. The molecule has 0 spiro atoms. The third kappa shape index (κ3) is 2.97. The van der Waals surface area contributed by atoms with E-state index in [1.54, 1.807) is 11.3 Å². The highest BCUT2D eigenvalue weighted by molar-refractivity contribution is 7.16. The molecule has 1 aliphatic carbocycles. The van der Waals surface area contributed by atoms with Crippen molar-refractivity contribution in [1.82, 2.24) is 0 Å². The van der Waals surface area contributed by atoms with Crippen LogP contribution in [0.15, 0.2) is 12.1 Å². The predicted molar refractivity (Wildman–Crippen MR) is 63.0 cm³/mol. The van der Waals surface area contributed by atoms with Crippen molar-refractivity contribution >= 4 is 22.9 Å². The van der Waals surface area contributed by atoms with Crippen LogP contribution in [0.3, 0.4) is 0 Å². The van der Waals surface area contributed by atoms with Crippen molar-refractivity contribution in [2.45, 2.75) is 38.1 Å². The Bertz CT molecular complexity index is 293. The standard InChI is InChI=1S/C11H16ClNS/c12-11-7-6-9(14-11)2-1-3-10(13)8-4-5-8/h6-8,10H,1-5,13H2. The van der Waals surface area contributed by atoms with Gasteiger partial charge in [0.2, 0.25) is 0 Å². The number of hydrogen-bond donors (Lipinski definition) is 1. The minimum Gasteiger partial charge on any atom is -0.327 e. The maximum atomic E-state index is 6.03. The maximum Gasteiger partial charge on any atom is 0.0931 e. The largest absolute Gasteiger partial charge is 0.327 e. The van der Waals surface area contributed by atoms with E-state index in [4.69, 9.17) is 17.3 Å². The summed E-state index contributed by atoms with van der Waals surface area (Å²) >= 11 is 7.54. The number of halogens is 1. The summed E-state index contributed by atoms with van der Waals surface area (Å²) in [6, 6.07) is 4.54. The molecule has 0 aromatic carbocycles. The molecule has 14 heavy (non-hydrogen) atoms. The van der Waals surface area contributed by atoms with Crippen LogP contribution < -0.4 is 5.73 Å². The van der Waals surface area contributed by atoms with Gasteiger partial charge in [0.1, 0.15) is 0 Å². The van der Waals surface area contributed by atoms with Gasteiger partial charge in [-0.15, -0.1) is 11.3 Å². The van der Waals surface area contributed by atoms with Crippen LogP contribution in [0.2, 0.25) is 4.34 Å². The first-order chi connectivity index (χ1) is 6.75. The lowest BCUT2D eigenvalue weighted by molar-refractivity contribution is 0.530. The van der Waals surface area contributed by atoms with Gasteiger partial charge >= 0.3 is 0 Å². The lowest BCUT2D eigenvalue weighted by atomic mass is 10.1. The van der Waals surface area contributed by atoms with Gasteiger partial charge < -0.3 is 5.73 Å². The predicted octanol–water partition coefficient (Wildman–Crippen LogP) is 3.46. The SMILES string of the molecule is NC(CCCc1ccc(Cl)s1)C1CC1. The highest BCUT2D eigenvalue weighted by Gasteiger charge is 2.27. The number of aryl methyl sites for hydroxylation is 1. The molecule has 2 N–H and O–H groups in total. The molecule has 0 bridgehead atoms. The Morgan fingerprint density at radius 3 is 2.86 bits per heavy atom. The Hall–Kier alpha value is -0.0500. The van der Waals surface area contributed by atoms with Gasteiger partial charge in [-0.25, -0.2) is 0 Å². The molecule has 0 radical (unpaired) electrons. The molecule has 1 atom stereocenters. The van der Waals surface area contributed by atoms with E-state index in [1.807, 2.05) is 6.07 Å². The molecule has 1 aromatic rings. The molecular formula is C11H16ClNS. The molecule has 0 amide bonds. The molecule has 0 saturated heterocycles. The van der Waals surface area contributed by atoms with Crippen LogP contribution in [-0.4, -0.2) is 6.04 Å². The van der Waals surface area contributed by atoms with Crippen molar-refractivity contribution in [3.8, 4) is 0 Å². The number of thiophene rings is 1. The molecule has 0 aliphatic heterocycles. The summed E-state index contributed by atoms with van der Waals surface area (Å²) in [7, 11) is 0. The van der Waals surface area contributed by atoms with Gasteiger partial charge in [-0.2, -0.15) is 0 Å². The highest BCUT2D eigenvalue weighted by atomic mass is 35.5. The number of nitrogens with two attached hydrogens (primary N) is 1. The normalized spacial score (nSPS) is 18.4. The quantitative estimate of drug-likeness (QED) is 0.822. The zero-order chi connectivity index (χ0) is 9.97. The average molecular weight is 230 g/mol. The monoisotopic (exact) mass is 229 g/mol. The topological polar surface area (TPSA) is 26.0 Å². The Morgan fingerprint density at radius 1 is 1.50 bits per heavy atom. The van der Waals surface area contributed by atoms with Crippen LogP contribution in [0.4, 0.5) is 0 Å². The average Bonchev–Trinajstić information content (AvgIpc) is 2.92. The Balaban J connectivity index is 1.67. The van der Waals surface area contributed by atoms with Crippen molar-refractivity contribution in [2.24, 2.45) is 11.7 Å². The van der Waals surface area contributed by atoms with E-state index >= 15 is 0 Å². The van der Waals surface area contributed by atoms with Crippen LogP contribution in [0.1, 0.15) is 30.6 Å². The smallest absolute Gasteiger partial charge is 0.0931 e. The van der Waals surface area contributed by atoms with Gasteiger partial charge in [0.25, 0.3) is 0 Å². The molecule has 1 aliphatic rings. The molecule has 1 fully saturated rings. The first-order valence-corrected chi connectivity index (χ1v) is 6.45.